The monoisotopic (exact) mass is 348 g/mol. The summed E-state index contributed by atoms with van der Waals surface area (Å²) in [6.45, 7) is 4.58. The van der Waals surface area contributed by atoms with Crippen molar-refractivity contribution in [2.24, 2.45) is 0 Å². The molecule has 1 aromatic carbocycles. The number of nitrogens with zero attached hydrogens (tertiary/aromatic N) is 3. The van der Waals surface area contributed by atoms with Gasteiger partial charge in [0.2, 0.25) is 10.0 Å². The van der Waals surface area contributed by atoms with Crippen molar-refractivity contribution in [3.63, 3.8) is 0 Å². The Balaban J connectivity index is 1.51. The minimum atomic E-state index is -3.10. The molecule has 0 radical (unpaired) electrons. The van der Waals surface area contributed by atoms with Gasteiger partial charge in [0.15, 0.2) is 0 Å². The SMILES string of the molecule is C[C@H](NCCCn1ccnc1)c1ccc(N2CCCS2(=O)=O)cc1. The van der Waals surface area contributed by atoms with Gasteiger partial charge in [0, 0.05) is 31.5 Å². The topological polar surface area (TPSA) is 67.2 Å². The molecular formula is C17H24N4O2S. The first-order valence-electron chi connectivity index (χ1n) is 8.36. The molecule has 0 saturated carbocycles. The van der Waals surface area contributed by atoms with E-state index in [-0.39, 0.29) is 11.8 Å². The summed E-state index contributed by atoms with van der Waals surface area (Å²) in [5, 5.41) is 3.50. The highest BCUT2D eigenvalue weighted by atomic mass is 32.2. The lowest BCUT2D eigenvalue weighted by Crippen LogP contribution is -2.25. The van der Waals surface area contributed by atoms with Gasteiger partial charge in [0.25, 0.3) is 0 Å². The molecule has 1 aliphatic rings. The fourth-order valence-electron chi connectivity index (χ4n) is 2.98. The van der Waals surface area contributed by atoms with E-state index in [1.165, 1.54) is 4.31 Å². The van der Waals surface area contributed by atoms with E-state index in [0.29, 0.717) is 13.0 Å². The molecule has 3 rings (SSSR count). The van der Waals surface area contributed by atoms with Gasteiger partial charge < -0.3 is 9.88 Å². The molecule has 2 heterocycles. The van der Waals surface area contributed by atoms with E-state index in [9.17, 15) is 8.42 Å². The minimum Gasteiger partial charge on any atom is -0.337 e. The Kier molecular flexibility index (Phi) is 5.20. The molecule has 0 amide bonds. The molecule has 2 aromatic rings. The van der Waals surface area contributed by atoms with Gasteiger partial charge >= 0.3 is 0 Å². The summed E-state index contributed by atoms with van der Waals surface area (Å²) in [5.74, 6) is 0.254. The molecule has 1 aliphatic heterocycles. The van der Waals surface area contributed by atoms with E-state index in [0.717, 1.165) is 30.8 Å². The zero-order chi connectivity index (χ0) is 17.0. The van der Waals surface area contributed by atoms with E-state index in [1.54, 1.807) is 6.20 Å². The van der Waals surface area contributed by atoms with Crippen molar-refractivity contribution in [2.45, 2.75) is 32.4 Å². The lowest BCUT2D eigenvalue weighted by Gasteiger charge is -2.19. The lowest BCUT2D eigenvalue weighted by atomic mass is 10.1. The van der Waals surface area contributed by atoms with Gasteiger partial charge in [-0.3, -0.25) is 4.31 Å². The zero-order valence-electron chi connectivity index (χ0n) is 13.9. The summed E-state index contributed by atoms with van der Waals surface area (Å²) in [6, 6.07) is 8.06. The number of nitrogens with one attached hydrogen (secondary N) is 1. The average Bonchev–Trinajstić information content (AvgIpc) is 3.20. The number of imidazole rings is 1. The number of hydrogen-bond donors (Lipinski definition) is 1. The summed E-state index contributed by atoms with van der Waals surface area (Å²) in [7, 11) is -3.10. The number of aryl methyl sites for hydroxylation is 1. The minimum absolute atomic E-state index is 0.233. The van der Waals surface area contributed by atoms with Gasteiger partial charge in [-0.2, -0.15) is 0 Å². The van der Waals surface area contributed by atoms with Crippen molar-refractivity contribution in [3.05, 3.63) is 48.5 Å². The largest absolute Gasteiger partial charge is 0.337 e. The van der Waals surface area contributed by atoms with Crippen LogP contribution in [0.3, 0.4) is 0 Å². The number of hydrogen-bond acceptors (Lipinski definition) is 4. The van der Waals surface area contributed by atoms with Crippen LogP contribution in [0.2, 0.25) is 0 Å². The average molecular weight is 348 g/mol. The third-order valence-electron chi connectivity index (χ3n) is 4.38. The van der Waals surface area contributed by atoms with Gasteiger partial charge in [0.1, 0.15) is 0 Å². The third-order valence-corrected chi connectivity index (χ3v) is 6.25. The smallest absolute Gasteiger partial charge is 0.235 e. The molecule has 0 spiro atoms. The highest BCUT2D eigenvalue weighted by Gasteiger charge is 2.28. The molecule has 0 bridgehead atoms. The van der Waals surface area contributed by atoms with Crippen LogP contribution < -0.4 is 9.62 Å². The third kappa shape index (κ3) is 3.96. The zero-order valence-corrected chi connectivity index (χ0v) is 14.7. The van der Waals surface area contributed by atoms with Crippen LogP contribution in [0.15, 0.2) is 43.0 Å². The first kappa shape index (κ1) is 17.0. The second kappa shape index (κ2) is 7.36. The number of anilines is 1. The van der Waals surface area contributed by atoms with E-state index >= 15 is 0 Å². The lowest BCUT2D eigenvalue weighted by molar-refractivity contribution is 0.526. The number of sulfonamides is 1. The van der Waals surface area contributed by atoms with Crippen LogP contribution in [-0.2, 0) is 16.6 Å². The van der Waals surface area contributed by atoms with E-state index in [1.807, 2.05) is 36.8 Å². The Morgan fingerprint density at radius 1 is 1.29 bits per heavy atom. The summed E-state index contributed by atoms with van der Waals surface area (Å²) >= 11 is 0. The summed E-state index contributed by atoms with van der Waals surface area (Å²) in [4.78, 5) is 4.03. The fourth-order valence-corrected chi connectivity index (χ4v) is 4.54. The molecule has 1 fully saturated rings. The maximum atomic E-state index is 12.0. The van der Waals surface area contributed by atoms with Crippen LogP contribution in [0.4, 0.5) is 5.69 Å². The summed E-state index contributed by atoms with van der Waals surface area (Å²) in [5.41, 5.74) is 1.93. The Bertz CT molecular complexity index is 741. The molecular weight excluding hydrogens is 324 g/mol. The molecule has 24 heavy (non-hydrogen) atoms. The van der Waals surface area contributed by atoms with Crippen molar-refractivity contribution in [3.8, 4) is 0 Å². The summed E-state index contributed by atoms with van der Waals surface area (Å²) < 4.78 is 27.5. The quantitative estimate of drug-likeness (QED) is 0.779. The van der Waals surface area contributed by atoms with E-state index < -0.39 is 10.0 Å². The van der Waals surface area contributed by atoms with Crippen molar-refractivity contribution in [1.29, 1.82) is 0 Å². The maximum absolute atomic E-state index is 12.0. The molecule has 1 N–H and O–H groups in total. The Morgan fingerprint density at radius 3 is 2.71 bits per heavy atom. The number of rotatable bonds is 7. The van der Waals surface area contributed by atoms with Gasteiger partial charge in [-0.05, 0) is 44.0 Å². The van der Waals surface area contributed by atoms with Crippen molar-refractivity contribution in [1.82, 2.24) is 14.9 Å². The van der Waals surface area contributed by atoms with Crippen molar-refractivity contribution >= 4 is 15.7 Å². The Morgan fingerprint density at radius 2 is 2.08 bits per heavy atom. The van der Waals surface area contributed by atoms with E-state index in [4.69, 9.17) is 0 Å². The van der Waals surface area contributed by atoms with Crippen molar-refractivity contribution < 1.29 is 8.42 Å². The first-order valence-corrected chi connectivity index (χ1v) is 9.97. The second-order valence-electron chi connectivity index (χ2n) is 6.16. The Labute approximate surface area is 143 Å². The molecule has 7 heteroatoms. The molecule has 1 aromatic heterocycles. The van der Waals surface area contributed by atoms with Crippen LogP contribution in [-0.4, -0.2) is 36.8 Å². The van der Waals surface area contributed by atoms with Crippen LogP contribution in [0.5, 0.6) is 0 Å². The Hall–Kier alpha value is -1.86. The number of benzene rings is 1. The standard InChI is InChI=1S/C17H24N4O2S/c1-15(19-8-2-10-20-12-9-18-14-20)16-4-6-17(7-5-16)21-11-3-13-24(21,22)23/h4-7,9,12,14-15,19H,2-3,8,10-11,13H2,1H3/t15-/m0/s1. The predicted octanol–water partition coefficient (Wildman–Crippen LogP) is 2.16. The van der Waals surface area contributed by atoms with Crippen molar-refractivity contribution in [2.75, 3.05) is 23.1 Å². The van der Waals surface area contributed by atoms with Gasteiger partial charge in [-0.1, -0.05) is 12.1 Å². The summed E-state index contributed by atoms with van der Waals surface area (Å²) in [6.07, 6.45) is 7.32. The molecule has 130 valence electrons. The molecule has 0 unspecified atom stereocenters. The van der Waals surface area contributed by atoms with Gasteiger partial charge in [0.05, 0.1) is 17.8 Å². The molecule has 1 saturated heterocycles. The van der Waals surface area contributed by atoms with Crippen LogP contribution in [0.25, 0.3) is 0 Å². The normalized spacial score (nSPS) is 18.0. The van der Waals surface area contributed by atoms with Crippen LogP contribution in [0, 0.1) is 0 Å². The fraction of sp³-hybridized carbons (Fsp3) is 0.471. The van der Waals surface area contributed by atoms with Gasteiger partial charge in [-0.15, -0.1) is 0 Å². The number of aromatic nitrogens is 2. The highest BCUT2D eigenvalue weighted by molar-refractivity contribution is 7.93. The highest BCUT2D eigenvalue weighted by Crippen LogP contribution is 2.25. The maximum Gasteiger partial charge on any atom is 0.235 e. The van der Waals surface area contributed by atoms with Gasteiger partial charge in [-0.25, -0.2) is 13.4 Å². The predicted molar refractivity (Wildman–Crippen MR) is 95.5 cm³/mol. The van der Waals surface area contributed by atoms with E-state index in [2.05, 4.69) is 21.8 Å². The molecule has 6 nitrogen and oxygen atoms in total. The second-order valence-corrected chi connectivity index (χ2v) is 8.18. The first-order chi connectivity index (χ1) is 11.6. The molecule has 1 atom stereocenters. The molecule has 0 aliphatic carbocycles. The van der Waals surface area contributed by atoms with Crippen LogP contribution in [0.1, 0.15) is 31.4 Å². The van der Waals surface area contributed by atoms with Crippen LogP contribution >= 0.6 is 0 Å².